The van der Waals surface area contributed by atoms with Crippen LogP contribution in [0.5, 0.6) is 5.75 Å². The van der Waals surface area contributed by atoms with Crippen LogP contribution in [0, 0.1) is 5.92 Å². The topological polar surface area (TPSA) is 95.9 Å². The summed E-state index contributed by atoms with van der Waals surface area (Å²) in [5, 5.41) is 12.4. The number of hydrogen-bond acceptors (Lipinski definition) is 4. The lowest BCUT2D eigenvalue weighted by Crippen LogP contribution is -2.51. The van der Waals surface area contributed by atoms with Gasteiger partial charge >= 0.3 is 5.97 Å². The standard InChI is InChI=1S/C20H26N2O5/c1-13-19(24)22(16-10-6-7-11-17(16)27-13)12-18(23)21-15-9-5-3-2-4-8-14(15)20(25)26/h6-7,10-11,13-15H,2-5,8-9,12H2,1H3,(H,21,23)(H,25,26). The zero-order chi connectivity index (χ0) is 19.4. The molecule has 1 aliphatic heterocycles. The molecule has 0 radical (unpaired) electrons. The average molecular weight is 374 g/mol. The Morgan fingerprint density at radius 1 is 1.19 bits per heavy atom. The van der Waals surface area contributed by atoms with Gasteiger partial charge in [-0.25, -0.2) is 0 Å². The molecule has 1 aromatic carbocycles. The Kier molecular flexibility index (Phi) is 5.98. The number of amides is 2. The van der Waals surface area contributed by atoms with Gasteiger partial charge in [-0.2, -0.15) is 0 Å². The molecule has 2 aliphatic rings. The van der Waals surface area contributed by atoms with Crippen LogP contribution in [-0.2, 0) is 14.4 Å². The number of carbonyl (C=O) groups is 3. The van der Waals surface area contributed by atoms with Crippen LogP contribution in [0.2, 0.25) is 0 Å². The largest absolute Gasteiger partial charge is 0.481 e. The van der Waals surface area contributed by atoms with E-state index in [1.807, 2.05) is 6.07 Å². The van der Waals surface area contributed by atoms with Gasteiger partial charge in [0, 0.05) is 6.04 Å². The maximum atomic E-state index is 12.7. The van der Waals surface area contributed by atoms with Gasteiger partial charge in [0.1, 0.15) is 12.3 Å². The van der Waals surface area contributed by atoms with Crippen LogP contribution in [-0.4, -0.2) is 41.6 Å². The van der Waals surface area contributed by atoms with Crippen LogP contribution in [0.25, 0.3) is 0 Å². The molecule has 1 fully saturated rings. The summed E-state index contributed by atoms with van der Waals surface area (Å²) in [6.45, 7) is 1.50. The van der Waals surface area contributed by atoms with Crippen molar-refractivity contribution in [2.24, 2.45) is 5.92 Å². The molecule has 0 aromatic heterocycles. The van der Waals surface area contributed by atoms with Crippen molar-refractivity contribution in [1.82, 2.24) is 5.32 Å². The van der Waals surface area contributed by atoms with E-state index < -0.39 is 24.0 Å². The molecule has 1 aromatic rings. The van der Waals surface area contributed by atoms with Gasteiger partial charge in [0.05, 0.1) is 11.6 Å². The number of carboxylic acid groups (broad SMARTS) is 1. The van der Waals surface area contributed by atoms with Crippen molar-refractivity contribution < 1.29 is 24.2 Å². The zero-order valence-corrected chi connectivity index (χ0v) is 15.5. The smallest absolute Gasteiger partial charge is 0.308 e. The lowest BCUT2D eigenvalue weighted by molar-refractivity contribution is -0.143. The molecule has 0 saturated heterocycles. The van der Waals surface area contributed by atoms with Crippen molar-refractivity contribution in [3.8, 4) is 5.75 Å². The van der Waals surface area contributed by atoms with E-state index in [1.165, 1.54) is 4.90 Å². The Bertz CT molecular complexity index is 720. The number of ether oxygens (including phenoxy) is 1. The van der Waals surface area contributed by atoms with E-state index in [0.29, 0.717) is 24.3 Å². The highest BCUT2D eigenvalue weighted by molar-refractivity contribution is 6.03. The second-order valence-corrected chi connectivity index (χ2v) is 7.26. The number of aliphatic carboxylic acids is 1. The number of rotatable bonds is 4. The van der Waals surface area contributed by atoms with E-state index in [0.717, 1.165) is 25.7 Å². The van der Waals surface area contributed by atoms with Gasteiger partial charge in [-0.3, -0.25) is 19.3 Å². The molecule has 2 amide bonds. The van der Waals surface area contributed by atoms with Gasteiger partial charge in [-0.1, -0.05) is 37.8 Å². The predicted octanol–water partition coefficient (Wildman–Crippen LogP) is 2.34. The summed E-state index contributed by atoms with van der Waals surface area (Å²) in [5.74, 6) is -1.52. The lowest BCUT2D eigenvalue weighted by Gasteiger charge is -2.33. The first-order valence-corrected chi connectivity index (χ1v) is 9.56. The molecule has 0 spiro atoms. The van der Waals surface area contributed by atoms with Gasteiger partial charge < -0.3 is 15.2 Å². The summed E-state index contributed by atoms with van der Waals surface area (Å²) in [6.07, 6.45) is 4.37. The molecular weight excluding hydrogens is 348 g/mol. The number of fused-ring (bicyclic) bond motifs is 1. The van der Waals surface area contributed by atoms with Crippen molar-refractivity contribution in [2.45, 2.75) is 57.6 Å². The van der Waals surface area contributed by atoms with Crippen molar-refractivity contribution in [3.05, 3.63) is 24.3 Å². The Balaban J connectivity index is 1.72. The Labute approximate surface area is 158 Å². The summed E-state index contributed by atoms with van der Waals surface area (Å²) < 4.78 is 5.58. The molecule has 3 unspecified atom stereocenters. The van der Waals surface area contributed by atoms with Crippen LogP contribution in [0.15, 0.2) is 24.3 Å². The maximum Gasteiger partial charge on any atom is 0.308 e. The molecule has 3 rings (SSSR count). The van der Waals surface area contributed by atoms with Crippen LogP contribution < -0.4 is 15.0 Å². The van der Waals surface area contributed by atoms with Gasteiger partial charge in [-0.15, -0.1) is 0 Å². The number of hydrogen-bond donors (Lipinski definition) is 2. The van der Waals surface area contributed by atoms with Crippen LogP contribution in [0.4, 0.5) is 5.69 Å². The minimum atomic E-state index is -0.872. The van der Waals surface area contributed by atoms with Gasteiger partial charge in [-0.05, 0) is 31.9 Å². The molecule has 1 heterocycles. The summed E-state index contributed by atoms with van der Waals surface area (Å²) in [7, 11) is 0. The first-order chi connectivity index (χ1) is 13.0. The number of carboxylic acids is 1. The van der Waals surface area contributed by atoms with E-state index in [1.54, 1.807) is 25.1 Å². The number of carbonyl (C=O) groups excluding carboxylic acids is 2. The molecule has 1 aliphatic carbocycles. The molecule has 27 heavy (non-hydrogen) atoms. The van der Waals surface area contributed by atoms with Crippen molar-refractivity contribution in [1.29, 1.82) is 0 Å². The molecule has 7 heteroatoms. The molecule has 1 saturated carbocycles. The summed E-state index contributed by atoms with van der Waals surface area (Å²) in [5.41, 5.74) is 0.559. The molecule has 146 valence electrons. The minimum absolute atomic E-state index is 0.146. The molecular formula is C20H26N2O5. The van der Waals surface area contributed by atoms with Gasteiger partial charge in [0.25, 0.3) is 5.91 Å². The average Bonchev–Trinajstić information content (AvgIpc) is 2.61. The highest BCUT2D eigenvalue weighted by Crippen LogP contribution is 2.33. The number of nitrogens with one attached hydrogen (secondary N) is 1. The first-order valence-electron chi connectivity index (χ1n) is 9.56. The monoisotopic (exact) mass is 374 g/mol. The first kappa shape index (κ1) is 19.2. The second-order valence-electron chi connectivity index (χ2n) is 7.26. The quantitative estimate of drug-likeness (QED) is 0.843. The van der Waals surface area contributed by atoms with Crippen LogP contribution in [0.1, 0.15) is 45.4 Å². The molecule has 3 atom stereocenters. The number of para-hydroxylation sites is 2. The number of anilines is 1. The van der Waals surface area contributed by atoms with Crippen molar-refractivity contribution in [2.75, 3.05) is 11.4 Å². The third kappa shape index (κ3) is 4.40. The van der Waals surface area contributed by atoms with Crippen LogP contribution >= 0.6 is 0 Å². The third-order valence-electron chi connectivity index (χ3n) is 5.30. The fourth-order valence-corrected chi connectivity index (χ4v) is 3.87. The van der Waals surface area contributed by atoms with Gasteiger partial charge in [0.15, 0.2) is 6.10 Å². The highest BCUT2D eigenvalue weighted by atomic mass is 16.5. The fourth-order valence-electron chi connectivity index (χ4n) is 3.87. The Hall–Kier alpha value is -2.57. The summed E-state index contributed by atoms with van der Waals surface area (Å²) in [6, 6.07) is 6.69. The fraction of sp³-hybridized carbons (Fsp3) is 0.550. The SMILES string of the molecule is CC1Oc2ccccc2N(CC(=O)NC2CCCCCCC2C(=O)O)C1=O. The summed E-state index contributed by atoms with van der Waals surface area (Å²) in [4.78, 5) is 38.2. The Morgan fingerprint density at radius 3 is 2.63 bits per heavy atom. The van der Waals surface area contributed by atoms with Crippen molar-refractivity contribution in [3.63, 3.8) is 0 Å². The van der Waals surface area contributed by atoms with E-state index in [9.17, 15) is 19.5 Å². The van der Waals surface area contributed by atoms with Gasteiger partial charge in [0.2, 0.25) is 5.91 Å². The number of benzene rings is 1. The highest BCUT2D eigenvalue weighted by Gasteiger charge is 2.34. The maximum absolute atomic E-state index is 12.7. The normalized spacial score (nSPS) is 25.6. The lowest BCUT2D eigenvalue weighted by atomic mass is 9.87. The third-order valence-corrected chi connectivity index (χ3v) is 5.30. The Morgan fingerprint density at radius 2 is 1.89 bits per heavy atom. The zero-order valence-electron chi connectivity index (χ0n) is 15.5. The second kappa shape index (κ2) is 8.41. The summed E-state index contributed by atoms with van der Waals surface area (Å²) >= 11 is 0. The van der Waals surface area contributed by atoms with Crippen LogP contribution in [0.3, 0.4) is 0 Å². The van der Waals surface area contributed by atoms with E-state index in [-0.39, 0.29) is 18.4 Å². The van der Waals surface area contributed by atoms with E-state index in [2.05, 4.69) is 5.32 Å². The van der Waals surface area contributed by atoms with E-state index >= 15 is 0 Å². The number of nitrogens with zero attached hydrogens (tertiary/aromatic N) is 1. The van der Waals surface area contributed by atoms with E-state index in [4.69, 9.17) is 4.74 Å². The predicted molar refractivity (Wildman–Crippen MR) is 99.6 cm³/mol. The minimum Gasteiger partial charge on any atom is -0.481 e. The molecule has 2 N–H and O–H groups in total. The van der Waals surface area contributed by atoms with Crippen molar-refractivity contribution >= 4 is 23.5 Å². The molecule has 7 nitrogen and oxygen atoms in total. The molecule has 0 bridgehead atoms.